The Morgan fingerprint density at radius 2 is 1.19 bits per heavy atom. The van der Waals surface area contributed by atoms with E-state index in [0.717, 1.165) is 40.8 Å². The van der Waals surface area contributed by atoms with Crippen LogP contribution in [0.1, 0.15) is 54.2 Å². The molecule has 0 amide bonds. The van der Waals surface area contributed by atoms with Gasteiger partial charge in [-0.3, -0.25) is 0 Å². The third-order valence-electron chi connectivity index (χ3n) is 4.73. The number of hydrogen-bond acceptors (Lipinski definition) is 5. The number of carboxylic acids is 1. The SMILES string of the molecule is CCOC(=O)COc1c(C)cc(C)cc1CC.CCc1cc(C)cc(C)c1OCC(=O)O. The van der Waals surface area contributed by atoms with Gasteiger partial charge in [0.2, 0.25) is 0 Å². The van der Waals surface area contributed by atoms with Gasteiger partial charge in [-0.25, -0.2) is 9.59 Å². The third-order valence-corrected chi connectivity index (χ3v) is 4.73. The van der Waals surface area contributed by atoms with E-state index in [2.05, 4.69) is 26.0 Å². The molecule has 0 aliphatic rings. The van der Waals surface area contributed by atoms with E-state index < -0.39 is 5.97 Å². The molecule has 0 saturated heterocycles. The van der Waals surface area contributed by atoms with Crippen molar-refractivity contribution in [1.82, 2.24) is 0 Å². The molecule has 0 unspecified atom stereocenters. The van der Waals surface area contributed by atoms with Crippen LogP contribution in [-0.4, -0.2) is 36.9 Å². The highest BCUT2D eigenvalue weighted by Crippen LogP contribution is 2.26. The highest BCUT2D eigenvalue weighted by Gasteiger charge is 2.10. The predicted octanol–water partition coefficient (Wildman–Crippen LogP) is 5.14. The fourth-order valence-electron chi connectivity index (χ4n) is 3.49. The van der Waals surface area contributed by atoms with Gasteiger partial charge in [-0.2, -0.15) is 0 Å². The lowest BCUT2D eigenvalue weighted by molar-refractivity contribution is -0.145. The monoisotopic (exact) mass is 444 g/mol. The molecule has 2 aromatic carbocycles. The molecule has 0 fully saturated rings. The molecule has 2 rings (SSSR count). The first-order valence-electron chi connectivity index (χ1n) is 11.0. The lowest BCUT2D eigenvalue weighted by Gasteiger charge is -2.13. The molecule has 6 heteroatoms. The van der Waals surface area contributed by atoms with Crippen molar-refractivity contribution in [2.24, 2.45) is 0 Å². The van der Waals surface area contributed by atoms with Crippen molar-refractivity contribution in [3.63, 3.8) is 0 Å². The van der Waals surface area contributed by atoms with Gasteiger partial charge in [-0.15, -0.1) is 0 Å². The standard InChI is InChI=1S/C14H20O3.C12H16O3/c1-5-12-8-10(3)7-11(4)14(12)17-9-13(15)16-6-2;1-4-10-6-8(2)5-9(3)12(10)15-7-11(13)14/h7-8H,5-6,9H2,1-4H3;5-6H,4,7H2,1-3H3,(H,13,14). The summed E-state index contributed by atoms with van der Waals surface area (Å²) in [6.07, 6.45) is 1.73. The van der Waals surface area contributed by atoms with Crippen LogP contribution in [0.15, 0.2) is 24.3 Å². The van der Waals surface area contributed by atoms with E-state index in [0.29, 0.717) is 12.4 Å². The number of rotatable bonds is 9. The fraction of sp³-hybridized carbons (Fsp3) is 0.462. The van der Waals surface area contributed by atoms with Crippen molar-refractivity contribution in [3.05, 3.63) is 57.6 Å². The molecule has 32 heavy (non-hydrogen) atoms. The Balaban J connectivity index is 0.000000323. The molecule has 176 valence electrons. The largest absolute Gasteiger partial charge is 0.481 e. The van der Waals surface area contributed by atoms with Gasteiger partial charge in [0, 0.05) is 0 Å². The molecule has 0 heterocycles. The zero-order valence-corrected chi connectivity index (χ0v) is 20.3. The molecule has 0 aliphatic heterocycles. The Labute approximate surface area is 191 Å². The van der Waals surface area contributed by atoms with Crippen LogP contribution in [0.3, 0.4) is 0 Å². The average Bonchev–Trinajstić information content (AvgIpc) is 2.71. The number of carbonyl (C=O) groups is 2. The van der Waals surface area contributed by atoms with Gasteiger partial charge in [0.05, 0.1) is 6.61 Å². The summed E-state index contributed by atoms with van der Waals surface area (Å²) < 4.78 is 15.7. The number of carbonyl (C=O) groups excluding carboxylic acids is 1. The smallest absolute Gasteiger partial charge is 0.344 e. The van der Waals surface area contributed by atoms with Crippen molar-refractivity contribution >= 4 is 11.9 Å². The Hall–Kier alpha value is -3.02. The first-order chi connectivity index (χ1) is 15.1. The van der Waals surface area contributed by atoms with Crippen LogP contribution < -0.4 is 9.47 Å². The summed E-state index contributed by atoms with van der Waals surface area (Å²) in [5.74, 6) is 0.253. The normalized spacial score (nSPS) is 10.1. The number of benzene rings is 2. The van der Waals surface area contributed by atoms with Crippen LogP contribution in [-0.2, 0) is 27.2 Å². The summed E-state index contributed by atoms with van der Waals surface area (Å²) in [6, 6.07) is 8.17. The summed E-state index contributed by atoms with van der Waals surface area (Å²) in [7, 11) is 0. The lowest BCUT2D eigenvalue weighted by atomic mass is 10.0. The molecule has 2 aromatic rings. The summed E-state index contributed by atoms with van der Waals surface area (Å²) in [5, 5.41) is 8.56. The van der Waals surface area contributed by atoms with Gasteiger partial charge < -0.3 is 19.3 Å². The molecule has 6 nitrogen and oxygen atoms in total. The first-order valence-corrected chi connectivity index (χ1v) is 11.0. The van der Waals surface area contributed by atoms with Crippen LogP contribution in [0.4, 0.5) is 0 Å². The van der Waals surface area contributed by atoms with E-state index in [9.17, 15) is 9.59 Å². The number of hydrogen-bond donors (Lipinski definition) is 1. The van der Waals surface area contributed by atoms with Crippen molar-refractivity contribution in [1.29, 1.82) is 0 Å². The summed E-state index contributed by atoms with van der Waals surface area (Å²) in [4.78, 5) is 21.7. The van der Waals surface area contributed by atoms with Crippen molar-refractivity contribution < 1.29 is 28.9 Å². The topological polar surface area (TPSA) is 82.1 Å². The maximum absolute atomic E-state index is 11.2. The fourth-order valence-corrected chi connectivity index (χ4v) is 3.49. The summed E-state index contributed by atoms with van der Waals surface area (Å²) >= 11 is 0. The van der Waals surface area contributed by atoms with Crippen LogP contribution in [0.5, 0.6) is 11.5 Å². The van der Waals surface area contributed by atoms with Crippen molar-refractivity contribution in [2.45, 2.75) is 61.3 Å². The number of aliphatic carboxylic acids is 1. The molecule has 0 aromatic heterocycles. The quantitative estimate of drug-likeness (QED) is 0.540. The van der Waals surface area contributed by atoms with Crippen LogP contribution >= 0.6 is 0 Å². The molecule has 0 radical (unpaired) electrons. The minimum Gasteiger partial charge on any atom is -0.481 e. The maximum Gasteiger partial charge on any atom is 0.344 e. The average molecular weight is 445 g/mol. The predicted molar refractivity (Wildman–Crippen MR) is 126 cm³/mol. The third kappa shape index (κ3) is 8.61. The second-order valence-electron chi connectivity index (χ2n) is 7.62. The Morgan fingerprint density at radius 1 is 0.750 bits per heavy atom. The van der Waals surface area contributed by atoms with E-state index in [1.165, 1.54) is 11.1 Å². The van der Waals surface area contributed by atoms with E-state index >= 15 is 0 Å². The lowest BCUT2D eigenvalue weighted by Crippen LogP contribution is -2.15. The zero-order valence-electron chi connectivity index (χ0n) is 20.3. The molecule has 0 spiro atoms. The first kappa shape index (κ1) is 27.0. The number of ether oxygens (including phenoxy) is 3. The maximum atomic E-state index is 11.2. The Bertz CT molecular complexity index is 917. The van der Waals surface area contributed by atoms with E-state index in [1.54, 1.807) is 6.92 Å². The zero-order chi connectivity index (χ0) is 24.3. The molecule has 0 aliphatic carbocycles. The summed E-state index contributed by atoms with van der Waals surface area (Å²) in [6.45, 7) is 14.0. The number of aryl methyl sites for hydroxylation is 6. The molecule has 0 saturated carbocycles. The molecule has 0 bridgehead atoms. The number of carboxylic acid groups (broad SMARTS) is 1. The highest BCUT2D eigenvalue weighted by atomic mass is 16.6. The van der Waals surface area contributed by atoms with Crippen LogP contribution in [0, 0.1) is 27.7 Å². The second-order valence-corrected chi connectivity index (χ2v) is 7.62. The van der Waals surface area contributed by atoms with Gasteiger partial charge in [-0.05, 0) is 69.7 Å². The van der Waals surface area contributed by atoms with Gasteiger partial charge in [0.15, 0.2) is 13.2 Å². The molecule has 1 N–H and O–H groups in total. The van der Waals surface area contributed by atoms with Gasteiger partial charge in [0.25, 0.3) is 0 Å². The minimum atomic E-state index is -0.947. The van der Waals surface area contributed by atoms with Gasteiger partial charge in [-0.1, -0.05) is 49.2 Å². The van der Waals surface area contributed by atoms with Crippen molar-refractivity contribution in [2.75, 3.05) is 19.8 Å². The van der Waals surface area contributed by atoms with Crippen LogP contribution in [0.25, 0.3) is 0 Å². The van der Waals surface area contributed by atoms with Crippen molar-refractivity contribution in [3.8, 4) is 11.5 Å². The van der Waals surface area contributed by atoms with E-state index in [4.69, 9.17) is 19.3 Å². The van der Waals surface area contributed by atoms with Crippen LogP contribution in [0.2, 0.25) is 0 Å². The summed E-state index contributed by atoms with van der Waals surface area (Å²) in [5.41, 5.74) is 6.63. The van der Waals surface area contributed by atoms with E-state index in [1.807, 2.05) is 39.8 Å². The number of esters is 1. The molecular formula is C26H36O6. The Morgan fingerprint density at radius 3 is 1.56 bits per heavy atom. The van der Waals surface area contributed by atoms with E-state index in [-0.39, 0.29) is 19.2 Å². The van der Waals surface area contributed by atoms with Gasteiger partial charge >= 0.3 is 11.9 Å². The molecule has 0 atom stereocenters. The second kappa shape index (κ2) is 13.4. The minimum absolute atomic E-state index is 0.0231. The Kier molecular flexibility index (Phi) is 11.3. The van der Waals surface area contributed by atoms with Gasteiger partial charge in [0.1, 0.15) is 11.5 Å². The highest BCUT2D eigenvalue weighted by molar-refractivity contribution is 5.71. The molecular weight excluding hydrogens is 408 g/mol.